The highest BCUT2D eigenvalue weighted by Crippen LogP contribution is 2.21. The van der Waals surface area contributed by atoms with E-state index in [9.17, 15) is 4.79 Å². The lowest BCUT2D eigenvalue weighted by Crippen LogP contribution is -2.50. The molecule has 1 aliphatic heterocycles. The number of ether oxygens (including phenoxy) is 1. The summed E-state index contributed by atoms with van der Waals surface area (Å²) in [7, 11) is 0. The number of rotatable bonds is 1. The Labute approximate surface area is 100 Å². The lowest BCUT2D eigenvalue weighted by Gasteiger charge is -2.36. The Balaban J connectivity index is 2.18. The molecule has 1 amide bonds. The third-order valence-electron chi connectivity index (χ3n) is 2.93. The molecule has 0 saturated carbocycles. The summed E-state index contributed by atoms with van der Waals surface area (Å²) in [6.45, 7) is 7.35. The summed E-state index contributed by atoms with van der Waals surface area (Å²) < 4.78 is 5.53. The van der Waals surface area contributed by atoms with Crippen molar-refractivity contribution in [3.63, 3.8) is 0 Å². The number of aryl methyl sites for hydroxylation is 1. The average Bonchev–Trinajstić information content (AvgIpc) is 2.67. The largest absolute Gasteiger partial charge is 0.375 e. The maximum Gasteiger partial charge on any atom is 0.264 e. The van der Waals surface area contributed by atoms with E-state index in [0.29, 0.717) is 13.2 Å². The summed E-state index contributed by atoms with van der Waals surface area (Å²) in [6, 6.07) is 2.16. The van der Waals surface area contributed by atoms with E-state index >= 15 is 0 Å². The molecule has 1 aliphatic rings. The summed E-state index contributed by atoms with van der Waals surface area (Å²) in [5.41, 5.74) is 1.07. The van der Waals surface area contributed by atoms with E-state index in [0.717, 1.165) is 10.4 Å². The molecule has 2 rings (SSSR count). The minimum Gasteiger partial charge on any atom is -0.375 e. The van der Waals surface area contributed by atoms with Crippen LogP contribution in [-0.4, -0.2) is 36.1 Å². The quantitative estimate of drug-likeness (QED) is 0.752. The van der Waals surface area contributed by atoms with Gasteiger partial charge >= 0.3 is 0 Å². The first-order valence-electron chi connectivity index (χ1n) is 5.56. The fourth-order valence-electron chi connectivity index (χ4n) is 1.91. The van der Waals surface area contributed by atoms with Gasteiger partial charge in [0.1, 0.15) is 0 Å². The summed E-state index contributed by atoms with van der Waals surface area (Å²) in [4.78, 5) is 15.1. The molecule has 0 unspecified atom stereocenters. The first kappa shape index (κ1) is 11.6. The van der Waals surface area contributed by atoms with Crippen LogP contribution in [-0.2, 0) is 4.74 Å². The summed E-state index contributed by atoms with van der Waals surface area (Å²) in [5, 5.41) is 1.97. The van der Waals surface area contributed by atoms with E-state index in [4.69, 9.17) is 4.74 Å². The van der Waals surface area contributed by atoms with Crippen LogP contribution in [0.1, 0.15) is 29.1 Å². The summed E-state index contributed by atoms with van der Waals surface area (Å²) in [5.74, 6) is 0.148. The molecule has 0 spiro atoms. The van der Waals surface area contributed by atoms with Crippen molar-refractivity contribution in [3.8, 4) is 0 Å². The van der Waals surface area contributed by atoms with Gasteiger partial charge in [0.25, 0.3) is 5.91 Å². The average molecular weight is 239 g/mol. The smallest absolute Gasteiger partial charge is 0.264 e. The Morgan fingerprint density at radius 1 is 1.56 bits per heavy atom. The predicted molar refractivity (Wildman–Crippen MR) is 65.0 cm³/mol. The number of thiophene rings is 1. The first-order valence-corrected chi connectivity index (χ1v) is 6.44. The number of carbonyl (C=O) groups excluding carboxylic acids is 1. The van der Waals surface area contributed by atoms with Crippen LogP contribution in [0.2, 0.25) is 0 Å². The number of morpholine rings is 1. The molecule has 3 nitrogen and oxygen atoms in total. The molecule has 0 N–H and O–H groups in total. The molecule has 0 radical (unpaired) electrons. The molecular weight excluding hydrogens is 222 g/mol. The number of amides is 1. The molecule has 0 aromatic carbocycles. The maximum absolute atomic E-state index is 12.3. The third kappa shape index (κ3) is 2.13. The van der Waals surface area contributed by atoms with Gasteiger partial charge in [-0.3, -0.25) is 4.79 Å². The molecule has 1 aromatic rings. The van der Waals surface area contributed by atoms with E-state index < -0.39 is 0 Å². The Morgan fingerprint density at radius 2 is 2.31 bits per heavy atom. The third-order valence-corrected chi connectivity index (χ3v) is 3.93. The zero-order chi connectivity index (χ0) is 11.7. The van der Waals surface area contributed by atoms with Crippen LogP contribution in [0.15, 0.2) is 11.4 Å². The molecule has 2 heterocycles. The topological polar surface area (TPSA) is 29.5 Å². The van der Waals surface area contributed by atoms with E-state index in [1.165, 1.54) is 11.3 Å². The number of hydrogen-bond acceptors (Lipinski definition) is 3. The van der Waals surface area contributed by atoms with E-state index in [-0.39, 0.29) is 18.1 Å². The lowest BCUT2D eigenvalue weighted by atomic mass is 10.2. The predicted octanol–water partition coefficient (Wildman–Crippen LogP) is 2.31. The maximum atomic E-state index is 12.3. The summed E-state index contributed by atoms with van der Waals surface area (Å²) in [6.07, 6.45) is 0.139. The highest BCUT2D eigenvalue weighted by atomic mass is 32.1. The van der Waals surface area contributed by atoms with Crippen molar-refractivity contribution >= 4 is 17.2 Å². The lowest BCUT2D eigenvalue weighted by molar-refractivity contribution is -0.0385. The van der Waals surface area contributed by atoms with Gasteiger partial charge in [0, 0.05) is 6.54 Å². The van der Waals surface area contributed by atoms with Gasteiger partial charge in [-0.2, -0.15) is 0 Å². The molecule has 0 bridgehead atoms. The monoisotopic (exact) mass is 239 g/mol. The van der Waals surface area contributed by atoms with E-state index in [2.05, 4.69) is 0 Å². The molecule has 1 fully saturated rings. The molecule has 1 aromatic heterocycles. The van der Waals surface area contributed by atoms with Crippen molar-refractivity contribution in [1.82, 2.24) is 4.90 Å². The molecule has 16 heavy (non-hydrogen) atoms. The van der Waals surface area contributed by atoms with Gasteiger partial charge in [-0.05, 0) is 37.8 Å². The van der Waals surface area contributed by atoms with Crippen molar-refractivity contribution in [2.45, 2.75) is 32.9 Å². The van der Waals surface area contributed by atoms with Gasteiger partial charge in [0.2, 0.25) is 0 Å². The van der Waals surface area contributed by atoms with Gasteiger partial charge in [0.05, 0.1) is 23.6 Å². The molecule has 1 saturated heterocycles. The number of nitrogens with zero attached hydrogens (tertiary/aromatic N) is 1. The molecule has 2 atom stereocenters. The fraction of sp³-hybridized carbons (Fsp3) is 0.583. The Morgan fingerprint density at radius 3 is 2.94 bits per heavy atom. The molecule has 4 heteroatoms. The highest BCUT2D eigenvalue weighted by Gasteiger charge is 2.29. The Hall–Kier alpha value is -0.870. The van der Waals surface area contributed by atoms with Crippen molar-refractivity contribution in [2.24, 2.45) is 0 Å². The van der Waals surface area contributed by atoms with Crippen molar-refractivity contribution in [1.29, 1.82) is 0 Å². The highest BCUT2D eigenvalue weighted by molar-refractivity contribution is 7.12. The summed E-state index contributed by atoms with van der Waals surface area (Å²) >= 11 is 1.52. The molecular formula is C12H17NO2S. The number of carbonyl (C=O) groups is 1. The fourth-order valence-corrected chi connectivity index (χ4v) is 2.79. The first-order chi connectivity index (χ1) is 7.59. The van der Waals surface area contributed by atoms with Crippen LogP contribution < -0.4 is 0 Å². The van der Waals surface area contributed by atoms with Gasteiger partial charge in [-0.1, -0.05) is 0 Å². The van der Waals surface area contributed by atoms with Crippen molar-refractivity contribution in [3.05, 3.63) is 21.9 Å². The molecule has 0 aliphatic carbocycles. The standard InChI is InChI=1S/C12H17NO2S/c1-8-4-5-16-11(8)12(14)13-6-10(3)15-7-9(13)2/h4-5,9-10H,6-7H2,1-3H3/t9-,10+/m0/s1. The van der Waals surface area contributed by atoms with Gasteiger partial charge in [-0.25, -0.2) is 0 Å². The van der Waals surface area contributed by atoms with Crippen LogP contribution in [0.25, 0.3) is 0 Å². The second-order valence-electron chi connectivity index (χ2n) is 4.38. The van der Waals surface area contributed by atoms with Crippen LogP contribution in [0.4, 0.5) is 0 Å². The van der Waals surface area contributed by atoms with Crippen LogP contribution in [0.5, 0.6) is 0 Å². The number of hydrogen-bond donors (Lipinski definition) is 0. The van der Waals surface area contributed by atoms with Gasteiger partial charge in [-0.15, -0.1) is 11.3 Å². The van der Waals surface area contributed by atoms with Gasteiger partial charge in [0.15, 0.2) is 0 Å². The van der Waals surface area contributed by atoms with Crippen LogP contribution >= 0.6 is 11.3 Å². The Bertz CT molecular complexity index is 388. The van der Waals surface area contributed by atoms with Gasteiger partial charge < -0.3 is 9.64 Å². The Kier molecular flexibility index (Phi) is 3.30. The minimum atomic E-state index is 0.139. The SMILES string of the molecule is Cc1ccsc1C(=O)N1C[C@@H](C)OC[C@@H]1C. The second-order valence-corrected chi connectivity index (χ2v) is 5.30. The van der Waals surface area contributed by atoms with Crippen LogP contribution in [0, 0.1) is 6.92 Å². The zero-order valence-electron chi connectivity index (χ0n) is 9.90. The zero-order valence-corrected chi connectivity index (χ0v) is 10.7. The molecule has 88 valence electrons. The van der Waals surface area contributed by atoms with Crippen molar-refractivity contribution in [2.75, 3.05) is 13.2 Å². The van der Waals surface area contributed by atoms with E-state index in [1.54, 1.807) is 0 Å². The van der Waals surface area contributed by atoms with Crippen LogP contribution in [0.3, 0.4) is 0 Å². The van der Waals surface area contributed by atoms with E-state index in [1.807, 2.05) is 37.1 Å². The second kappa shape index (κ2) is 4.55. The normalized spacial score (nSPS) is 25.8. The minimum absolute atomic E-state index is 0.139. The van der Waals surface area contributed by atoms with Crippen molar-refractivity contribution < 1.29 is 9.53 Å².